The van der Waals surface area contributed by atoms with Gasteiger partial charge in [-0.25, -0.2) is 8.42 Å². The van der Waals surface area contributed by atoms with Crippen LogP contribution >= 0.6 is 10.7 Å². The van der Waals surface area contributed by atoms with Crippen molar-refractivity contribution in [2.45, 2.75) is 11.8 Å². The molecule has 1 aromatic rings. The molecule has 0 bridgehead atoms. The Morgan fingerprint density at radius 3 is 2.36 bits per heavy atom. The number of primary amides is 1. The molecule has 0 aromatic heterocycles. The maximum absolute atomic E-state index is 11.0. The molecule has 0 saturated carbocycles. The van der Waals surface area contributed by atoms with Crippen LogP contribution in [0.1, 0.15) is 15.9 Å². The zero-order valence-electron chi connectivity index (χ0n) is 7.32. The Morgan fingerprint density at radius 1 is 1.36 bits per heavy atom. The van der Waals surface area contributed by atoms with Gasteiger partial charge in [0.25, 0.3) is 9.05 Å². The number of nitrogens with two attached hydrogens (primary N) is 1. The fourth-order valence-corrected chi connectivity index (χ4v) is 1.89. The van der Waals surface area contributed by atoms with E-state index in [2.05, 4.69) is 0 Å². The average molecular weight is 234 g/mol. The van der Waals surface area contributed by atoms with E-state index in [0.29, 0.717) is 5.56 Å². The Bertz CT molecular complexity index is 481. The van der Waals surface area contributed by atoms with Crippen molar-refractivity contribution >= 4 is 25.6 Å². The molecule has 1 aromatic carbocycles. The molecule has 0 heterocycles. The number of benzene rings is 1. The Balaban J connectivity index is 3.43. The third-order valence-electron chi connectivity index (χ3n) is 1.62. The number of amides is 1. The van der Waals surface area contributed by atoms with Crippen LogP contribution in [0.25, 0.3) is 0 Å². The second kappa shape index (κ2) is 3.59. The van der Waals surface area contributed by atoms with Gasteiger partial charge >= 0.3 is 0 Å². The van der Waals surface area contributed by atoms with Crippen LogP contribution in [0.5, 0.6) is 0 Å². The van der Waals surface area contributed by atoms with E-state index in [-0.39, 0.29) is 10.5 Å². The highest BCUT2D eigenvalue weighted by Crippen LogP contribution is 2.18. The Kier molecular flexibility index (Phi) is 2.82. The Labute approximate surface area is 86.1 Å². The van der Waals surface area contributed by atoms with Crippen LogP contribution in [0.3, 0.4) is 0 Å². The van der Waals surface area contributed by atoms with Gasteiger partial charge in [-0.2, -0.15) is 0 Å². The fourth-order valence-electron chi connectivity index (χ4n) is 1.03. The number of hydrogen-bond donors (Lipinski definition) is 1. The number of rotatable bonds is 2. The summed E-state index contributed by atoms with van der Waals surface area (Å²) in [5.41, 5.74) is 5.76. The van der Waals surface area contributed by atoms with Gasteiger partial charge < -0.3 is 5.73 Å². The molecule has 76 valence electrons. The van der Waals surface area contributed by atoms with Gasteiger partial charge in [-0.1, -0.05) is 0 Å². The maximum Gasteiger partial charge on any atom is 0.261 e. The lowest BCUT2D eigenvalue weighted by molar-refractivity contribution is 0.1000. The molecular formula is C8H8ClNO3S. The first-order valence-electron chi connectivity index (χ1n) is 3.67. The van der Waals surface area contributed by atoms with E-state index in [1.165, 1.54) is 12.1 Å². The molecule has 1 amide bonds. The van der Waals surface area contributed by atoms with Gasteiger partial charge in [0, 0.05) is 16.2 Å². The van der Waals surface area contributed by atoms with E-state index in [9.17, 15) is 13.2 Å². The summed E-state index contributed by atoms with van der Waals surface area (Å²) in [6.45, 7) is 1.65. The van der Waals surface area contributed by atoms with Crippen LogP contribution in [0.2, 0.25) is 0 Å². The highest BCUT2D eigenvalue weighted by molar-refractivity contribution is 8.13. The lowest BCUT2D eigenvalue weighted by Gasteiger charge is -2.01. The predicted molar refractivity (Wildman–Crippen MR) is 52.7 cm³/mol. The molecule has 0 aliphatic heterocycles. The van der Waals surface area contributed by atoms with Crippen molar-refractivity contribution in [3.63, 3.8) is 0 Å². The molecule has 0 radical (unpaired) electrons. The van der Waals surface area contributed by atoms with Crippen LogP contribution in [-0.2, 0) is 9.05 Å². The molecule has 0 atom stereocenters. The van der Waals surface area contributed by atoms with Gasteiger partial charge in [-0.05, 0) is 30.7 Å². The molecule has 1 rings (SSSR count). The van der Waals surface area contributed by atoms with Crippen LogP contribution in [0.15, 0.2) is 23.1 Å². The van der Waals surface area contributed by atoms with Crippen molar-refractivity contribution in [2.75, 3.05) is 0 Å². The zero-order chi connectivity index (χ0) is 10.9. The van der Waals surface area contributed by atoms with Gasteiger partial charge in [0.15, 0.2) is 0 Å². The Morgan fingerprint density at radius 2 is 1.93 bits per heavy atom. The minimum atomic E-state index is -3.82. The molecule has 4 nitrogen and oxygen atoms in total. The van der Waals surface area contributed by atoms with Crippen molar-refractivity contribution in [1.29, 1.82) is 0 Å². The third kappa shape index (κ3) is 2.46. The minimum absolute atomic E-state index is 0.118. The third-order valence-corrected chi connectivity index (χ3v) is 2.95. The number of hydrogen-bond acceptors (Lipinski definition) is 3. The molecule has 0 aliphatic rings. The molecule has 2 N–H and O–H groups in total. The number of carbonyl (C=O) groups excluding carboxylic acids is 1. The van der Waals surface area contributed by atoms with Crippen LogP contribution in [0.4, 0.5) is 0 Å². The van der Waals surface area contributed by atoms with E-state index in [1.807, 2.05) is 0 Å². The van der Waals surface area contributed by atoms with Crippen LogP contribution in [0, 0.1) is 6.92 Å². The molecule has 0 saturated heterocycles. The summed E-state index contributed by atoms with van der Waals surface area (Å²) >= 11 is 0. The largest absolute Gasteiger partial charge is 0.366 e. The lowest BCUT2D eigenvalue weighted by Crippen LogP contribution is -2.11. The van der Waals surface area contributed by atoms with E-state index in [1.54, 1.807) is 6.92 Å². The van der Waals surface area contributed by atoms with Gasteiger partial charge in [-0.15, -0.1) is 0 Å². The minimum Gasteiger partial charge on any atom is -0.366 e. The molecule has 0 aliphatic carbocycles. The highest BCUT2D eigenvalue weighted by Gasteiger charge is 2.13. The molecule has 0 fully saturated rings. The normalized spacial score (nSPS) is 11.3. The summed E-state index contributed by atoms with van der Waals surface area (Å²) in [6, 6.07) is 4.01. The topological polar surface area (TPSA) is 77.2 Å². The Hall–Kier alpha value is -1.07. The average Bonchev–Trinajstić information content (AvgIpc) is 2.01. The summed E-state index contributed by atoms with van der Waals surface area (Å²) in [5.74, 6) is -0.685. The van der Waals surface area contributed by atoms with E-state index >= 15 is 0 Å². The lowest BCUT2D eigenvalue weighted by atomic mass is 10.1. The summed E-state index contributed by atoms with van der Waals surface area (Å²) in [4.78, 5) is 10.7. The van der Waals surface area contributed by atoms with Crippen molar-refractivity contribution < 1.29 is 13.2 Å². The zero-order valence-corrected chi connectivity index (χ0v) is 8.89. The fraction of sp³-hybridized carbons (Fsp3) is 0.125. The number of halogens is 1. The van der Waals surface area contributed by atoms with Crippen molar-refractivity contribution in [3.8, 4) is 0 Å². The molecular weight excluding hydrogens is 226 g/mol. The summed E-state index contributed by atoms with van der Waals surface area (Å²) in [5, 5.41) is 0. The SMILES string of the molecule is Cc1cc(C(N)=O)cc(S(=O)(=O)Cl)c1. The van der Waals surface area contributed by atoms with E-state index in [0.717, 1.165) is 6.07 Å². The first-order chi connectivity index (χ1) is 6.30. The molecule has 0 unspecified atom stereocenters. The first kappa shape index (κ1) is 11.0. The van der Waals surface area contributed by atoms with E-state index < -0.39 is 15.0 Å². The smallest absolute Gasteiger partial charge is 0.261 e. The van der Waals surface area contributed by atoms with Crippen molar-refractivity contribution in [1.82, 2.24) is 0 Å². The highest BCUT2D eigenvalue weighted by atomic mass is 35.7. The standard InChI is InChI=1S/C8H8ClNO3S/c1-5-2-6(8(10)11)4-7(3-5)14(9,12)13/h2-4H,1H3,(H2,10,11). The molecule has 0 spiro atoms. The first-order valence-corrected chi connectivity index (χ1v) is 5.98. The van der Waals surface area contributed by atoms with Crippen molar-refractivity contribution in [2.24, 2.45) is 5.73 Å². The summed E-state index contributed by atoms with van der Waals surface area (Å²) < 4.78 is 21.9. The van der Waals surface area contributed by atoms with Crippen molar-refractivity contribution in [3.05, 3.63) is 29.3 Å². The van der Waals surface area contributed by atoms with Gasteiger partial charge in [-0.3, -0.25) is 4.79 Å². The summed E-state index contributed by atoms with van der Waals surface area (Å²) in [7, 11) is 1.31. The number of aryl methyl sites for hydroxylation is 1. The quantitative estimate of drug-likeness (QED) is 0.775. The van der Waals surface area contributed by atoms with Crippen LogP contribution in [-0.4, -0.2) is 14.3 Å². The second-order valence-electron chi connectivity index (χ2n) is 2.84. The van der Waals surface area contributed by atoms with Gasteiger partial charge in [0.2, 0.25) is 5.91 Å². The predicted octanol–water partition coefficient (Wildman–Crippen LogP) is 1.02. The van der Waals surface area contributed by atoms with Gasteiger partial charge in [0.05, 0.1) is 4.90 Å². The molecule has 14 heavy (non-hydrogen) atoms. The number of carbonyl (C=O) groups is 1. The second-order valence-corrected chi connectivity index (χ2v) is 5.40. The maximum atomic E-state index is 11.0. The summed E-state index contributed by atoms with van der Waals surface area (Å²) in [6.07, 6.45) is 0. The van der Waals surface area contributed by atoms with Crippen LogP contribution < -0.4 is 5.73 Å². The van der Waals surface area contributed by atoms with Gasteiger partial charge in [0.1, 0.15) is 0 Å². The van der Waals surface area contributed by atoms with E-state index in [4.69, 9.17) is 16.4 Å². The monoisotopic (exact) mass is 233 g/mol. The molecule has 6 heteroatoms.